The Morgan fingerprint density at radius 1 is 1.44 bits per heavy atom. The Morgan fingerprint density at radius 2 is 2.21 bits per heavy atom. The first-order valence-corrected chi connectivity index (χ1v) is 11.2. The molecule has 2 aromatic heterocycles. The van der Waals surface area contributed by atoms with Crippen LogP contribution in [0.25, 0.3) is 0 Å². The van der Waals surface area contributed by atoms with Crippen molar-refractivity contribution in [3.8, 4) is 0 Å². The number of urea groups is 1. The van der Waals surface area contributed by atoms with Gasteiger partial charge < -0.3 is 15.0 Å². The van der Waals surface area contributed by atoms with Crippen LogP contribution in [0.5, 0.6) is 0 Å². The van der Waals surface area contributed by atoms with E-state index in [1.54, 1.807) is 0 Å². The largest absolute Gasteiger partial charge is 0.373 e. The molecule has 2 aliphatic rings. The lowest BCUT2D eigenvalue weighted by molar-refractivity contribution is -0.169. The number of hydrogen-bond acceptors (Lipinski definition) is 6. The van der Waals surface area contributed by atoms with Crippen molar-refractivity contribution < 1.29 is 32.3 Å². The zero-order valence-corrected chi connectivity index (χ0v) is 19.9. The molecule has 4 rings (SSSR count). The van der Waals surface area contributed by atoms with Gasteiger partial charge in [0.2, 0.25) is 0 Å². The molecule has 2 atom stereocenters. The molecule has 1 unspecified atom stereocenters. The average Bonchev–Trinajstić information content (AvgIpc) is 3.06. The van der Waals surface area contributed by atoms with E-state index in [0.717, 1.165) is 5.06 Å². The number of anilines is 1. The normalized spacial score (nSPS) is 20.3. The predicted octanol–water partition coefficient (Wildman–Crippen LogP) is 2.83. The number of carbonyl (C=O) groups is 2. The van der Waals surface area contributed by atoms with Crippen molar-refractivity contribution in [1.29, 1.82) is 0 Å². The van der Waals surface area contributed by atoms with Crippen LogP contribution in [0.15, 0.2) is 16.9 Å². The van der Waals surface area contributed by atoms with Crippen molar-refractivity contribution in [2.45, 2.75) is 45.0 Å². The third kappa shape index (κ3) is 4.88. The molecule has 0 spiro atoms. The van der Waals surface area contributed by atoms with Crippen molar-refractivity contribution >= 4 is 33.6 Å². The summed E-state index contributed by atoms with van der Waals surface area (Å²) in [5, 5.41) is 8.10. The van der Waals surface area contributed by atoms with E-state index >= 15 is 0 Å². The lowest BCUT2D eigenvalue weighted by Crippen LogP contribution is -2.45. The number of pyridine rings is 1. The molecule has 0 aromatic carbocycles. The van der Waals surface area contributed by atoms with E-state index < -0.39 is 36.9 Å². The molecular formula is C20H22BrF3N6O4. The summed E-state index contributed by atoms with van der Waals surface area (Å²) in [6.45, 7) is 1.11. The van der Waals surface area contributed by atoms with Crippen molar-refractivity contribution in [2.75, 3.05) is 25.6 Å². The van der Waals surface area contributed by atoms with E-state index in [0.29, 0.717) is 17.7 Å². The van der Waals surface area contributed by atoms with Gasteiger partial charge in [-0.05, 0) is 28.9 Å². The minimum Gasteiger partial charge on any atom is -0.373 e. The molecule has 2 aliphatic heterocycles. The second-order valence-electron chi connectivity index (χ2n) is 7.99. The fraction of sp³-hybridized carbons (Fsp3) is 0.500. The van der Waals surface area contributed by atoms with Gasteiger partial charge in [0.05, 0.1) is 31.1 Å². The van der Waals surface area contributed by atoms with Gasteiger partial charge in [-0.25, -0.2) is 28.0 Å². The molecule has 184 valence electrons. The number of ether oxygens (including phenoxy) is 1. The topological polar surface area (TPSA) is 102 Å². The highest BCUT2D eigenvalue weighted by atomic mass is 79.9. The minimum absolute atomic E-state index is 0.0260. The Kier molecular flexibility index (Phi) is 7.09. The van der Waals surface area contributed by atoms with Crippen LogP contribution >= 0.6 is 15.9 Å². The van der Waals surface area contributed by atoms with E-state index in [9.17, 15) is 22.8 Å². The Morgan fingerprint density at radius 3 is 2.94 bits per heavy atom. The molecule has 14 heteroatoms. The number of aromatic nitrogens is 3. The van der Waals surface area contributed by atoms with Crippen molar-refractivity contribution in [1.82, 2.24) is 24.7 Å². The summed E-state index contributed by atoms with van der Waals surface area (Å²) in [6, 6.07) is 0.518. The molecule has 0 saturated heterocycles. The fourth-order valence-corrected chi connectivity index (χ4v) is 4.29. The maximum Gasteiger partial charge on any atom is 0.322 e. The zero-order valence-electron chi connectivity index (χ0n) is 18.3. The summed E-state index contributed by atoms with van der Waals surface area (Å²) in [5.74, 6) is -1.18. The summed E-state index contributed by atoms with van der Waals surface area (Å²) < 4.78 is 45.5. The van der Waals surface area contributed by atoms with Crippen LogP contribution in [0, 0.1) is 5.82 Å². The molecule has 1 N–H and O–H groups in total. The smallest absolute Gasteiger partial charge is 0.322 e. The second-order valence-corrected chi connectivity index (χ2v) is 8.74. The Bertz CT molecular complexity index is 1100. The molecule has 3 amide bonds. The molecule has 0 radical (unpaired) electrons. The number of hydrogen-bond donors (Lipinski definition) is 1. The average molecular weight is 547 g/mol. The van der Waals surface area contributed by atoms with Gasteiger partial charge in [0.1, 0.15) is 23.0 Å². The van der Waals surface area contributed by atoms with E-state index in [1.807, 2.05) is 6.92 Å². The van der Waals surface area contributed by atoms with Gasteiger partial charge in [0, 0.05) is 31.3 Å². The van der Waals surface area contributed by atoms with E-state index in [1.165, 1.54) is 28.9 Å². The number of rotatable bonds is 5. The highest BCUT2D eigenvalue weighted by molar-refractivity contribution is 9.10. The third-order valence-electron chi connectivity index (χ3n) is 5.55. The van der Waals surface area contributed by atoms with Crippen LogP contribution in [-0.4, -0.2) is 75.5 Å². The number of alkyl halides is 2. The first kappa shape index (κ1) is 24.4. The molecule has 0 bridgehead atoms. The quantitative estimate of drug-likeness (QED) is 0.578. The van der Waals surface area contributed by atoms with Crippen LogP contribution in [-0.2, 0) is 29.1 Å². The second kappa shape index (κ2) is 9.88. The highest BCUT2D eigenvalue weighted by Gasteiger charge is 2.37. The van der Waals surface area contributed by atoms with Gasteiger partial charge in [0.15, 0.2) is 5.82 Å². The SMILES string of the molecule is C[C@@H]1Cc2nn3c(c2CN1C(=O)Nc1ccnc(Br)c1F)C(=O)N(C)OC(COCC(F)F)C3. The van der Waals surface area contributed by atoms with Gasteiger partial charge in [-0.2, -0.15) is 5.10 Å². The van der Waals surface area contributed by atoms with Crippen LogP contribution in [0.1, 0.15) is 28.7 Å². The first-order valence-electron chi connectivity index (χ1n) is 10.4. The van der Waals surface area contributed by atoms with Gasteiger partial charge in [-0.1, -0.05) is 0 Å². The minimum atomic E-state index is -2.61. The van der Waals surface area contributed by atoms with E-state index in [4.69, 9.17) is 9.57 Å². The molecule has 34 heavy (non-hydrogen) atoms. The lowest BCUT2D eigenvalue weighted by Gasteiger charge is -2.33. The maximum absolute atomic E-state index is 14.3. The van der Waals surface area contributed by atoms with Crippen LogP contribution in [0.3, 0.4) is 0 Å². The maximum atomic E-state index is 14.3. The number of fused-ring (bicyclic) bond motifs is 3. The number of hydroxylamine groups is 2. The number of nitrogens with zero attached hydrogens (tertiary/aromatic N) is 5. The first-order chi connectivity index (χ1) is 16.2. The molecule has 0 fully saturated rings. The lowest BCUT2D eigenvalue weighted by atomic mass is 9.99. The molecular weight excluding hydrogens is 525 g/mol. The number of amides is 3. The Labute approximate surface area is 201 Å². The molecule has 10 nitrogen and oxygen atoms in total. The summed E-state index contributed by atoms with van der Waals surface area (Å²) in [7, 11) is 1.41. The Hall–Kier alpha value is -2.71. The summed E-state index contributed by atoms with van der Waals surface area (Å²) in [4.78, 5) is 36.8. The number of nitrogens with one attached hydrogen (secondary N) is 1. The molecule has 4 heterocycles. The van der Waals surface area contributed by atoms with Gasteiger partial charge in [-0.15, -0.1) is 0 Å². The van der Waals surface area contributed by atoms with Crippen molar-refractivity contribution in [3.63, 3.8) is 0 Å². The number of halogens is 4. The van der Waals surface area contributed by atoms with Gasteiger partial charge in [-0.3, -0.25) is 14.3 Å². The van der Waals surface area contributed by atoms with E-state index in [-0.39, 0.29) is 41.7 Å². The monoisotopic (exact) mass is 546 g/mol. The highest BCUT2D eigenvalue weighted by Crippen LogP contribution is 2.30. The zero-order chi connectivity index (χ0) is 24.6. The van der Waals surface area contributed by atoms with Gasteiger partial charge >= 0.3 is 6.03 Å². The standard InChI is InChI=1S/C20H22BrF3N6O4/c1-10-5-14-12(7-29(10)20(32)26-13-3-4-25-18(21)16(13)24)17-19(31)28(2)34-11(6-30(17)27-14)8-33-9-15(22)23/h3-4,10-11,15H,5-9H2,1-2H3,(H,25,26,32)/t10-,11?/m1/s1. The molecule has 2 aromatic rings. The van der Waals surface area contributed by atoms with Gasteiger partial charge in [0.25, 0.3) is 12.3 Å². The van der Waals surface area contributed by atoms with Crippen LogP contribution < -0.4 is 5.32 Å². The summed E-state index contributed by atoms with van der Waals surface area (Å²) >= 11 is 2.99. The van der Waals surface area contributed by atoms with Crippen LogP contribution in [0.4, 0.5) is 23.7 Å². The third-order valence-corrected chi connectivity index (χ3v) is 6.10. The van der Waals surface area contributed by atoms with E-state index in [2.05, 4.69) is 31.3 Å². The molecule has 0 saturated carbocycles. The molecule has 0 aliphatic carbocycles. The summed E-state index contributed by atoms with van der Waals surface area (Å²) in [6.07, 6.45) is -1.60. The number of carbonyl (C=O) groups excluding carboxylic acids is 2. The fourth-order valence-electron chi connectivity index (χ4n) is 3.96. The van der Waals surface area contributed by atoms with Crippen LogP contribution in [0.2, 0.25) is 0 Å². The predicted molar refractivity (Wildman–Crippen MR) is 116 cm³/mol. The van der Waals surface area contributed by atoms with Crippen molar-refractivity contribution in [3.05, 3.63) is 39.6 Å². The Balaban J connectivity index is 1.56. The summed E-state index contributed by atoms with van der Waals surface area (Å²) in [5.41, 5.74) is 1.42. The van der Waals surface area contributed by atoms with Crippen molar-refractivity contribution in [2.24, 2.45) is 0 Å².